The largest absolute Gasteiger partial charge is 0.347 e. The van der Waals surface area contributed by atoms with Crippen molar-refractivity contribution >= 4 is 33.2 Å². The Morgan fingerprint density at radius 3 is 2.52 bits per heavy atom. The van der Waals surface area contributed by atoms with Crippen LogP contribution in [0.2, 0.25) is 0 Å². The third-order valence-electron chi connectivity index (χ3n) is 5.93. The summed E-state index contributed by atoms with van der Waals surface area (Å²) in [6.07, 6.45) is 4.53. The van der Waals surface area contributed by atoms with Gasteiger partial charge < -0.3 is 10.3 Å². The fraction of sp³-hybridized carbons (Fsp3) is 0.619. The second-order valence-corrected chi connectivity index (χ2v) is 10.6. The highest BCUT2D eigenvalue weighted by Gasteiger charge is 2.33. The maximum Gasteiger partial charge on any atom is 0.275 e. The molecule has 1 atom stereocenters. The van der Waals surface area contributed by atoms with Crippen LogP contribution in [0.5, 0.6) is 0 Å². The van der Waals surface area contributed by atoms with Crippen molar-refractivity contribution in [3.63, 3.8) is 0 Å². The maximum atomic E-state index is 12.8. The van der Waals surface area contributed by atoms with E-state index in [1.54, 1.807) is 0 Å². The Kier molecular flexibility index (Phi) is 6.94. The summed E-state index contributed by atoms with van der Waals surface area (Å²) >= 11 is 4.92. The Balaban J connectivity index is 1.68. The van der Waals surface area contributed by atoms with Crippen LogP contribution >= 0.6 is 27.3 Å². The molecule has 2 aromatic heterocycles. The van der Waals surface area contributed by atoms with Gasteiger partial charge in [0, 0.05) is 10.4 Å². The third kappa shape index (κ3) is 5.15. The summed E-state index contributed by atoms with van der Waals surface area (Å²) in [4.78, 5) is 29.1. The quantitative estimate of drug-likeness (QED) is 0.624. The van der Waals surface area contributed by atoms with Gasteiger partial charge >= 0.3 is 0 Å². The Labute approximate surface area is 184 Å². The number of halogens is 1. The lowest BCUT2D eigenvalue weighted by Crippen LogP contribution is -2.39. The molecule has 3 rings (SSSR count). The van der Waals surface area contributed by atoms with Crippen LogP contribution in [0, 0.1) is 17.3 Å². The average molecular weight is 481 g/mol. The summed E-state index contributed by atoms with van der Waals surface area (Å²) in [7, 11) is 0. The molecule has 1 amide bonds. The van der Waals surface area contributed by atoms with E-state index in [0.29, 0.717) is 18.2 Å². The molecule has 2 heterocycles. The van der Waals surface area contributed by atoms with E-state index in [1.165, 1.54) is 11.3 Å². The standard InChI is InChI=1S/C21H29BrN4O2S/c1-5-15(23-19(27)12-6-8-13(9-7-12)21(2,3)4)16-20(28)24-18(26-25-16)17-14(22)10-11-29-17/h10-13,15H,5-9H2,1-4H3,(H,23,27)(H,24,26,28)/t12-,13+,15?. The second-order valence-electron chi connectivity index (χ2n) is 8.87. The van der Waals surface area contributed by atoms with Gasteiger partial charge in [-0.05, 0) is 70.8 Å². The van der Waals surface area contributed by atoms with E-state index in [4.69, 9.17) is 0 Å². The zero-order valence-corrected chi connectivity index (χ0v) is 19.8. The number of carbonyl (C=O) groups is 1. The molecule has 158 valence electrons. The molecule has 0 aromatic carbocycles. The van der Waals surface area contributed by atoms with Gasteiger partial charge in [-0.25, -0.2) is 0 Å². The first-order valence-corrected chi connectivity index (χ1v) is 11.9. The van der Waals surface area contributed by atoms with E-state index in [1.807, 2.05) is 18.4 Å². The predicted molar refractivity (Wildman–Crippen MR) is 120 cm³/mol. The highest BCUT2D eigenvalue weighted by atomic mass is 79.9. The first kappa shape index (κ1) is 22.2. The lowest BCUT2D eigenvalue weighted by Gasteiger charge is -2.36. The van der Waals surface area contributed by atoms with Gasteiger partial charge in [0.25, 0.3) is 5.56 Å². The number of amides is 1. The van der Waals surface area contributed by atoms with Crippen LogP contribution in [-0.2, 0) is 4.79 Å². The first-order valence-electron chi connectivity index (χ1n) is 10.2. The van der Waals surface area contributed by atoms with Crippen molar-refractivity contribution in [3.8, 4) is 10.7 Å². The number of hydrogen-bond donors (Lipinski definition) is 2. The predicted octanol–water partition coefficient (Wildman–Crippen LogP) is 5.08. The van der Waals surface area contributed by atoms with Crippen molar-refractivity contribution < 1.29 is 4.79 Å². The van der Waals surface area contributed by atoms with E-state index < -0.39 is 6.04 Å². The van der Waals surface area contributed by atoms with Gasteiger partial charge in [0.05, 0.1) is 10.9 Å². The highest BCUT2D eigenvalue weighted by Crippen LogP contribution is 2.40. The Morgan fingerprint density at radius 1 is 1.31 bits per heavy atom. The van der Waals surface area contributed by atoms with Crippen LogP contribution in [-0.4, -0.2) is 21.1 Å². The average Bonchev–Trinajstić information content (AvgIpc) is 3.11. The summed E-state index contributed by atoms with van der Waals surface area (Å²) in [5, 5.41) is 13.3. The Bertz CT molecular complexity index is 910. The number of aromatic amines is 1. The van der Waals surface area contributed by atoms with Crippen LogP contribution in [0.15, 0.2) is 20.7 Å². The zero-order valence-electron chi connectivity index (χ0n) is 17.4. The minimum absolute atomic E-state index is 0.0102. The molecule has 2 N–H and O–H groups in total. The number of thiophene rings is 1. The number of nitrogens with zero attached hydrogens (tertiary/aromatic N) is 2. The molecule has 0 radical (unpaired) electrons. The minimum atomic E-state index is -0.431. The summed E-state index contributed by atoms with van der Waals surface area (Å²) in [5.74, 6) is 1.13. The lowest BCUT2D eigenvalue weighted by molar-refractivity contribution is -0.127. The third-order valence-corrected chi connectivity index (χ3v) is 7.78. The zero-order chi connectivity index (χ0) is 21.2. The first-order chi connectivity index (χ1) is 13.7. The van der Waals surface area contributed by atoms with Crippen molar-refractivity contribution in [2.24, 2.45) is 17.3 Å². The molecule has 1 aliphatic rings. The SMILES string of the molecule is CCC(NC(=O)[C@H]1CC[C@@H](C(C)(C)C)CC1)c1nnc(-c2sccc2Br)[nH]c1=O. The molecule has 0 spiro atoms. The van der Waals surface area contributed by atoms with Crippen molar-refractivity contribution in [2.75, 3.05) is 0 Å². The topological polar surface area (TPSA) is 87.7 Å². The highest BCUT2D eigenvalue weighted by molar-refractivity contribution is 9.10. The minimum Gasteiger partial charge on any atom is -0.347 e. The number of nitrogens with one attached hydrogen (secondary N) is 2. The van der Waals surface area contributed by atoms with Crippen molar-refractivity contribution in [2.45, 2.75) is 65.8 Å². The van der Waals surface area contributed by atoms with Crippen LogP contribution in [0.4, 0.5) is 0 Å². The summed E-state index contributed by atoms with van der Waals surface area (Å²) in [6, 6.07) is 1.47. The molecule has 1 fully saturated rings. The Hall–Kier alpha value is -1.54. The van der Waals surface area contributed by atoms with Gasteiger partial charge in [0.1, 0.15) is 0 Å². The van der Waals surface area contributed by atoms with Crippen LogP contribution in [0.25, 0.3) is 10.7 Å². The molecule has 1 unspecified atom stereocenters. The second kappa shape index (κ2) is 9.08. The smallest absolute Gasteiger partial charge is 0.275 e. The molecule has 0 aliphatic heterocycles. The molecule has 6 nitrogen and oxygen atoms in total. The van der Waals surface area contributed by atoms with Gasteiger partial charge in [-0.3, -0.25) is 9.59 Å². The fourth-order valence-electron chi connectivity index (χ4n) is 4.01. The summed E-state index contributed by atoms with van der Waals surface area (Å²) in [6.45, 7) is 8.75. The fourth-order valence-corrected chi connectivity index (χ4v) is 5.51. The maximum absolute atomic E-state index is 12.8. The van der Waals surface area contributed by atoms with Crippen molar-refractivity contribution in [1.29, 1.82) is 0 Å². The van der Waals surface area contributed by atoms with E-state index in [0.717, 1.165) is 35.0 Å². The Morgan fingerprint density at radius 2 is 2.00 bits per heavy atom. The molecule has 0 saturated heterocycles. The van der Waals surface area contributed by atoms with E-state index in [2.05, 4.69) is 57.2 Å². The number of rotatable bonds is 5. The van der Waals surface area contributed by atoms with E-state index >= 15 is 0 Å². The molecule has 8 heteroatoms. The van der Waals surface area contributed by atoms with Crippen molar-refractivity contribution in [3.05, 3.63) is 32.0 Å². The number of carbonyl (C=O) groups excluding carboxylic acids is 1. The molecule has 1 saturated carbocycles. The lowest BCUT2D eigenvalue weighted by atomic mass is 9.69. The molecule has 1 aliphatic carbocycles. The van der Waals surface area contributed by atoms with Crippen molar-refractivity contribution in [1.82, 2.24) is 20.5 Å². The summed E-state index contributed by atoms with van der Waals surface area (Å²) < 4.78 is 0.867. The molecule has 2 aromatic rings. The van der Waals surface area contributed by atoms with Crippen LogP contribution in [0.3, 0.4) is 0 Å². The number of H-pyrrole nitrogens is 1. The van der Waals surface area contributed by atoms with Gasteiger partial charge in [0.15, 0.2) is 11.5 Å². The monoisotopic (exact) mass is 480 g/mol. The molecular formula is C21H29BrN4O2S. The van der Waals surface area contributed by atoms with E-state index in [-0.39, 0.29) is 28.5 Å². The number of aromatic nitrogens is 3. The number of hydrogen-bond acceptors (Lipinski definition) is 5. The van der Waals surface area contributed by atoms with Gasteiger partial charge in [-0.1, -0.05) is 27.7 Å². The molecule has 29 heavy (non-hydrogen) atoms. The summed E-state index contributed by atoms with van der Waals surface area (Å²) in [5.41, 5.74) is 0.245. The van der Waals surface area contributed by atoms with Gasteiger partial charge in [-0.2, -0.15) is 0 Å². The molecular weight excluding hydrogens is 452 g/mol. The van der Waals surface area contributed by atoms with Gasteiger partial charge in [0.2, 0.25) is 5.91 Å². The van der Waals surface area contributed by atoms with E-state index in [9.17, 15) is 9.59 Å². The van der Waals surface area contributed by atoms with Crippen LogP contribution < -0.4 is 10.9 Å². The van der Waals surface area contributed by atoms with Gasteiger partial charge in [-0.15, -0.1) is 21.5 Å². The molecule has 0 bridgehead atoms. The van der Waals surface area contributed by atoms with Crippen LogP contribution in [0.1, 0.15) is 71.5 Å². The normalized spacial score (nSPS) is 21.0.